The van der Waals surface area contributed by atoms with Crippen LogP contribution >= 0.6 is 11.3 Å². The Balaban J connectivity index is 1.78. The molecule has 0 radical (unpaired) electrons. The highest BCUT2D eigenvalue weighted by molar-refractivity contribution is 7.17. The molecule has 1 nitrogen and oxygen atoms in total. The van der Waals surface area contributed by atoms with Crippen molar-refractivity contribution in [3.05, 3.63) is 35.2 Å². The van der Waals surface area contributed by atoms with Gasteiger partial charge in [-0.3, -0.25) is 4.90 Å². The van der Waals surface area contributed by atoms with E-state index >= 15 is 0 Å². The van der Waals surface area contributed by atoms with Crippen molar-refractivity contribution in [1.29, 1.82) is 0 Å². The van der Waals surface area contributed by atoms with E-state index in [2.05, 4.69) is 55.3 Å². The van der Waals surface area contributed by atoms with E-state index in [9.17, 15) is 0 Å². The third kappa shape index (κ3) is 2.89. The molecule has 1 aromatic carbocycles. The van der Waals surface area contributed by atoms with Gasteiger partial charge in [0.25, 0.3) is 0 Å². The van der Waals surface area contributed by atoms with Gasteiger partial charge in [-0.2, -0.15) is 0 Å². The van der Waals surface area contributed by atoms with Crippen LogP contribution in [0.2, 0.25) is 0 Å². The zero-order valence-corrected chi connectivity index (χ0v) is 14.4. The van der Waals surface area contributed by atoms with Crippen molar-refractivity contribution < 1.29 is 0 Å². The van der Waals surface area contributed by atoms with Gasteiger partial charge in [-0.15, -0.1) is 11.3 Å². The standard InChI is InChI=1S/C19H27NS/c1-4-19(15(2)3)10-7-11-20(14-19)12-16-13-21-18-9-6-5-8-17(16)18/h5-6,8-9,13,15H,4,7,10-12,14H2,1-3H3. The minimum absolute atomic E-state index is 0.532. The fourth-order valence-corrected chi connectivity index (χ4v) is 4.91. The van der Waals surface area contributed by atoms with Crippen LogP contribution in [0.25, 0.3) is 10.1 Å². The Bertz CT molecular complexity index is 600. The van der Waals surface area contributed by atoms with Crippen LogP contribution in [0.3, 0.4) is 0 Å². The van der Waals surface area contributed by atoms with Crippen LogP contribution in [0.4, 0.5) is 0 Å². The maximum absolute atomic E-state index is 2.70. The van der Waals surface area contributed by atoms with Crippen LogP contribution in [0, 0.1) is 11.3 Å². The summed E-state index contributed by atoms with van der Waals surface area (Å²) < 4.78 is 1.43. The molecule has 3 rings (SSSR count). The first-order valence-corrected chi connectivity index (χ1v) is 9.20. The number of likely N-dealkylation sites (tertiary alicyclic amines) is 1. The molecule has 0 aliphatic carbocycles. The molecule has 2 aromatic rings. The lowest BCUT2D eigenvalue weighted by Gasteiger charge is -2.45. The van der Waals surface area contributed by atoms with Crippen molar-refractivity contribution in [2.75, 3.05) is 13.1 Å². The van der Waals surface area contributed by atoms with Gasteiger partial charge in [0.15, 0.2) is 0 Å². The molecule has 21 heavy (non-hydrogen) atoms. The molecule has 0 N–H and O–H groups in total. The Labute approximate surface area is 133 Å². The molecule has 0 amide bonds. The Hall–Kier alpha value is -0.860. The number of hydrogen-bond acceptors (Lipinski definition) is 2. The number of fused-ring (bicyclic) bond motifs is 1. The van der Waals surface area contributed by atoms with Crippen molar-refractivity contribution in [2.24, 2.45) is 11.3 Å². The Morgan fingerprint density at radius 3 is 2.86 bits per heavy atom. The monoisotopic (exact) mass is 301 g/mol. The van der Waals surface area contributed by atoms with E-state index < -0.39 is 0 Å². The van der Waals surface area contributed by atoms with Crippen LogP contribution in [-0.2, 0) is 6.54 Å². The molecule has 0 saturated carbocycles. The number of benzene rings is 1. The van der Waals surface area contributed by atoms with Gasteiger partial charge >= 0.3 is 0 Å². The maximum atomic E-state index is 2.70. The summed E-state index contributed by atoms with van der Waals surface area (Å²) in [5.41, 5.74) is 2.05. The van der Waals surface area contributed by atoms with E-state index in [4.69, 9.17) is 0 Å². The SMILES string of the molecule is CCC1(C(C)C)CCCN(Cc2csc3ccccc23)C1. The lowest BCUT2D eigenvalue weighted by molar-refractivity contribution is 0.0396. The van der Waals surface area contributed by atoms with Crippen molar-refractivity contribution in [3.63, 3.8) is 0 Å². The molecule has 0 bridgehead atoms. The summed E-state index contributed by atoms with van der Waals surface area (Å²) in [5, 5.41) is 3.82. The molecule has 2 heteroatoms. The van der Waals surface area contributed by atoms with Crippen molar-refractivity contribution >= 4 is 21.4 Å². The van der Waals surface area contributed by atoms with E-state index in [1.54, 1.807) is 0 Å². The van der Waals surface area contributed by atoms with Crippen molar-refractivity contribution in [3.8, 4) is 0 Å². The topological polar surface area (TPSA) is 3.24 Å². The van der Waals surface area contributed by atoms with Gasteiger partial charge in [-0.25, -0.2) is 0 Å². The molecular weight excluding hydrogens is 274 g/mol. The van der Waals surface area contributed by atoms with E-state index in [-0.39, 0.29) is 0 Å². The van der Waals surface area contributed by atoms with Gasteiger partial charge in [0.05, 0.1) is 0 Å². The van der Waals surface area contributed by atoms with E-state index in [0.29, 0.717) is 5.41 Å². The van der Waals surface area contributed by atoms with Crippen LogP contribution < -0.4 is 0 Å². The number of nitrogens with zero attached hydrogens (tertiary/aromatic N) is 1. The fourth-order valence-electron chi connectivity index (χ4n) is 3.96. The zero-order chi connectivity index (χ0) is 14.9. The molecule has 1 aliphatic rings. The Kier molecular flexibility index (Phi) is 4.37. The van der Waals surface area contributed by atoms with Crippen LogP contribution in [0.1, 0.15) is 45.6 Å². The quantitative estimate of drug-likeness (QED) is 0.715. The Morgan fingerprint density at radius 2 is 2.10 bits per heavy atom. The van der Waals surface area contributed by atoms with Gasteiger partial charge < -0.3 is 0 Å². The molecule has 1 atom stereocenters. The van der Waals surface area contributed by atoms with E-state index in [1.165, 1.54) is 48.0 Å². The molecule has 1 saturated heterocycles. The highest BCUT2D eigenvalue weighted by Gasteiger charge is 2.36. The smallest absolute Gasteiger partial charge is 0.0346 e. The number of hydrogen-bond donors (Lipinski definition) is 0. The van der Waals surface area contributed by atoms with Gasteiger partial charge in [-0.05, 0) is 59.5 Å². The molecule has 1 aliphatic heterocycles. The zero-order valence-electron chi connectivity index (χ0n) is 13.6. The molecule has 0 spiro atoms. The van der Waals surface area contributed by atoms with Crippen molar-refractivity contribution in [1.82, 2.24) is 4.90 Å². The lowest BCUT2D eigenvalue weighted by atomic mass is 9.69. The first-order chi connectivity index (χ1) is 10.1. The van der Waals surface area contributed by atoms with Gasteiger partial charge in [0.2, 0.25) is 0 Å². The molecule has 1 aromatic heterocycles. The average Bonchev–Trinajstić information content (AvgIpc) is 2.90. The summed E-state index contributed by atoms with van der Waals surface area (Å²) in [7, 11) is 0. The van der Waals surface area contributed by atoms with E-state index in [1.807, 2.05) is 11.3 Å². The first-order valence-electron chi connectivity index (χ1n) is 8.32. The van der Waals surface area contributed by atoms with Gasteiger partial charge in [0, 0.05) is 17.8 Å². The highest BCUT2D eigenvalue weighted by Crippen LogP contribution is 2.41. The third-order valence-corrected chi connectivity index (χ3v) is 6.58. The molecule has 114 valence electrons. The van der Waals surface area contributed by atoms with Crippen molar-refractivity contribution in [2.45, 2.75) is 46.6 Å². The Morgan fingerprint density at radius 1 is 1.29 bits per heavy atom. The summed E-state index contributed by atoms with van der Waals surface area (Å²) in [5.74, 6) is 0.782. The third-order valence-electron chi connectivity index (χ3n) is 5.57. The number of thiophene rings is 1. The molecular formula is C19H27NS. The van der Waals surface area contributed by atoms with Crippen LogP contribution in [0.5, 0.6) is 0 Å². The summed E-state index contributed by atoms with van der Waals surface area (Å²) >= 11 is 1.89. The largest absolute Gasteiger partial charge is 0.298 e. The normalized spacial score (nSPS) is 24.0. The first kappa shape index (κ1) is 15.1. The van der Waals surface area contributed by atoms with Crippen LogP contribution in [0.15, 0.2) is 29.6 Å². The summed E-state index contributed by atoms with van der Waals surface area (Å²) in [6.07, 6.45) is 4.07. The summed E-state index contributed by atoms with van der Waals surface area (Å²) in [6.45, 7) is 10.9. The predicted octanol–water partition coefficient (Wildman–Crippen LogP) is 5.55. The van der Waals surface area contributed by atoms with Gasteiger partial charge in [0.1, 0.15) is 0 Å². The fraction of sp³-hybridized carbons (Fsp3) is 0.579. The second-order valence-electron chi connectivity index (χ2n) is 6.94. The summed E-state index contributed by atoms with van der Waals surface area (Å²) in [4.78, 5) is 2.70. The minimum Gasteiger partial charge on any atom is -0.298 e. The predicted molar refractivity (Wildman–Crippen MR) is 93.9 cm³/mol. The number of piperidine rings is 1. The number of rotatable bonds is 4. The average molecular weight is 301 g/mol. The minimum atomic E-state index is 0.532. The summed E-state index contributed by atoms with van der Waals surface area (Å²) in [6, 6.07) is 8.83. The van der Waals surface area contributed by atoms with Crippen LogP contribution in [-0.4, -0.2) is 18.0 Å². The molecule has 1 fully saturated rings. The lowest BCUT2D eigenvalue weighted by Crippen LogP contribution is -2.45. The van der Waals surface area contributed by atoms with Gasteiger partial charge in [-0.1, -0.05) is 39.0 Å². The second kappa shape index (κ2) is 6.10. The second-order valence-corrected chi connectivity index (χ2v) is 7.85. The molecule has 2 heterocycles. The maximum Gasteiger partial charge on any atom is 0.0346 e. The van der Waals surface area contributed by atoms with E-state index in [0.717, 1.165) is 12.5 Å². The highest BCUT2D eigenvalue weighted by atomic mass is 32.1. The molecule has 1 unspecified atom stereocenters.